The molecule has 1 aromatic carbocycles. The van der Waals surface area contributed by atoms with E-state index in [4.69, 9.17) is 9.84 Å². The van der Waals surface area contributed by atoms with Gasteiger partial charge in [-0.2, -0.15) is 0 Å². The number of carbonyl (C=O) groups is 3. The summed E-state index contributed by atoms with van der Waals surface area (Å²) in [5.41, 5.74) is 2.37. The van der Waals surface area contributed by atoms with Gasteiger partial charge in [-0.05, 0) is 62.2 Å². The Morgan fingerprint density at radius 1 is 0.902 bits per heavy atom. The smallest absolute Gasteiger partial charge is 0.416 e. The highest BCUT2D eigenvalue weighted by Crippen LogP contribution is 2.20. The van der Waals surface area contributed by atoms with E-state index in [0.717, 1.165) is 13.1 Å². The van der Waals surface area contributed by atoms with Gasteiger partial charge in [0.2, 0.25) is 5.88 Å². The van der Waals surface area contributed by atoms with Gasteiger partial charge in [-0.25, -0.2) is 19.6 Å². The van der Waals surface area contributed by atoms with Gasteiger partial charge < -0.3 is 25.0 Å². The zero-order valence-corrected chi connectivity index (χ0v) is 23.0. The molecule has 2 saturated heterocycles. The molecule has 11 heteroatoms. The normalized spacial score (nSPS) is 17.6. The molecule has 1 atom stereocenters. The maximum Gasteiger partial charge on any atom is 0.416 e. The Bertz CT molecular complexity index is 1360. The van der Waals surface area contributed by atoms with Crippen molar-refractivity contribution in [3.63, 3.8) is 0 Å². The van der Waals surface area contributed by atoms with E-state index < -0.39 is 12.1 Å². The van der Waals surface area contributed by atoms with Crippen molar-refractivity contribution >= 4 is 29.5 Å². The van der Waals surface area contributed by atoms with E-state index in [-0.39, 0.29) is 17.4 Å². The molecule has 0 spiro atoms. The van der Waals surface area contributed by atoms with Crippen LogP contribution in [0.25, 0.3) is 0 Å². The van der Waals surface area contributed by atoms with E-state index in [0.29, 0.717) is 49.3 Å². The van der Waals surface area contributed by atoms with Crippen molar-refractivity contribution in [3.8, 4) is 5.88 Å². The molecule has 0 aliphatic carbocycles. The minimum absolute atomic E-state index is 0.126. The standard InChI is InChI=1S/C30H34N6O5/c1-21-4-2-3-13-36(21)20-22-5-7-23(8-6-22)28(37)33-25-10-12-27(32-19-25)41-30(40)35-16-14-34(15-17-35)26-11-9-24(18-31-26)29(38)39/h5-12,18-19,21H,2-4,13-17,20H2,1H3,(H,33,37)(H,38,39). The average molecular weight is 559 g/mol. The summed E-state index contributed by atoms with van der Waals surface area (Å²) in [5, 5.41) is 11.9. The number of amides is 2. The predicted molar refractivity (Wildman–Crippen MR) is 153 cm³/mol. The molecule has 2 aliphatic heterocycles. The number of piperidine rings is 1. The summed E-state index contributed by atoms with van der Waals surface area (Å²) in [5.74, 6) is -0.467. The molecule has 2 amide bonds. The molecule has 2 N–H and O–H groups in total. The van der Waals surface area contributed by atoms with E-state index >= 15 is 0 Å². The van der Waals surface area contributed by atoms with Crippen LogP contribution in [-0.4, -0.2) is 81.6 Å². The van der Waals surface area contributed by atoms with Crippen molar-refractivity contribution in [3.05, 3.63) is 77.6 Å². The number of hydrogen-bond acceptors (Lipinski definition) is 8. The van der Waals surface area contributed by atoms with Crippen molar-refractivity contribution in [2.24, 2.45) is 0 Å². The van der Waals surface area contributed by atoms with Crippen molar-refractivity contribution in [2.45, 2.75) is 38.8 Å². The minimum atomic E-state index is -1.02. The number of piperazine rings is 1. The molecular weight excluding hydrogens is 524 g/mol. The van der Waals surface area contributed by atoms with E-state index in [1.54, 1.807) is 23.1 Å². The third-order valence-electron chi connectivity index (χ3n) is 7.59. The van der Waals surface area contributed by atoms with Gasteiger partial charge in [0.1, 0.15) is 5.82 Å². The number of pyridine rings is 2. The summed E-state index contributed by atoms with van der Waals surface area (Å²) in [6, 6.07) is 14.6. The molecule has 0 radical (unpaired) electrons. The number of aromatic carboxylic acids is 1. The number of nitrogens with one attached hydrogen (secondary N) is 1. The van der Waals surface area contributed by atoms with Crippen LogP contribution in [0.4, 0.5) is 16.3 Å². The first kappa shape index (κ1) is 28.0. The second-order valence-corrected chi connectivity index (χ2v) is 10.4. The number of likely N-dealkylation sites (tertiary alicyclic amines) is 1. The van der Waals surface area contributed by atoms with Gasteiger partial charge in [0.05, 0.1) is 17.4 Å². The Labute approximate surface area is 238 Å². The van der Waals surface area contributed by atoms with Crippen LogP contribution < -0.4 is 15.0 Å². The lowest BCUT2D eigenvalue weighted by Crippen LogP contribution is -2.49. The molecule has 214 valence electrons. The van der Waals surface area contributed by atoms with Crippen molar-refractivity contribution < 1.29 is 24.2 Å². The zero-order chi connectivity index (χ0) is 28.8. The van der Waals surface area contributed by atoms with Crippen LogP contribution in [0.5, 0.6) is 5.88 Å². The third kappa shape index (κ3) is 7.17. The molecule has 11 nitrogen and oxygen atoms in total. The van der Waals surface area contributed by atoms with E-state index in [1.165, 1.54) is 43.3 Å². The highest BCUT2D eigenvalue weighted by molar-refractivity contribution is 6.04. The summed E-state index contributed by atoms with van der Waals surface area (Å²) in [4.78, 5) is 50.8. The minimum Gasteiger partial charge on any atom is -0.478 e. The van der Waals surface area contributed by atoms with Gasteiger partial charge in [0.15, 0.2) is 0 Å². The summed E-state index contributed by atoms with van der Waals surface area (Å²) in [6.07, 6.45) is 6.03. The highest BCUT2D eigenvalue weighted by atomic mass is 16.6. The number of aromatic nitrogens is 2. The lowest BCUT2D eigenvalue weighted by Gasteiger charge is -2.34. The largest absolute Gasteiger partial charge is 0.478 e. The lowest BCUT2D eigenvalue weighted by atomic mass is 10.0. The summed E-state index contributed by atoms with van der Waals surface area (Å²) < 4.78 is 5.42. The molecule has 4 heterocycles. The Morgan fingerprint density at radius 2 is 1.66 bits per heavy atom. The topological polar surface area (TPSA) is 128 Å². The number of benzene rings is 1. The van der Waals surface area contributed by atoms with Gasteiger partial charge >= 0.3 is 12.1 Å². The number of anilines is 2. The van der Waals surface area contributed by atoms with Crippen LogP contribution >= 0.6 is 0 Å². The monoisotopic (exact) mass is 558 g/mol. The van der Waals surface area contributed by atoms with Crippen LogP contribution in [0, 0.1) is 0 Å². The first-order valence-corrected chi connectivity index (χ1v) is 13.9. The van der Waals surface area contributed by atoms with Gasteiger partial charge in [-0.3, -0.25) is 9.69 Å². The van der Waals surface area contributed by atoms with Gasteiger partial charge in [-0.1, -0.05) is 18.6 Å². The highest BCUT2D eigenvalue weighted by Gasteiger charge is 2.24. The first-order chi connectivity index (χ1) is 19.9. The van der Waals surface area contributed by atoms with Crippen LogP contribution in [0.15, 0.2) is 60.9 Å². The molecule has 0 saturated carbocycles. The summed E-state index contributed by atoms with van der Waals surface area (Å²) >= 11 is 0. The Kier molecular flexibility index (Phi) is 8.73. The fourth-order valence-corrected chi connectivity index (χ4v) is 5.08. The SMILES string of the molecule is CC1CCCCN1Cc1ccc(C(=O)Nc2ccc(OC(=O)N3CCN(c4ccc(C(=O)O)cn4)CC3)nc2)cc1. The van der Waals surface area contributed by atoms with Crippen molar-refractivity contribution in [1.29, 1.82) is 0 Å². The fraction of sp³-hybridized carbons (Fsp3) is 0.367. The molecule has 5 rings (SSSR count). The fourth-order valence-electron chi connectivity index (χ4n) is 5.08. The molecule has 41 heavy (non-hydrogen) atoms. The maximum atomic E-state index is 12.7. The lowest BCUT2D eigenvalue weighted by molar-refractivity contribution is 0.0696. The van der Waals surface area contributed by atoms with Gasteiger partial charge in [0.25, 0.3) is 5.91 Å². The van der Waals surface area contributed by atoms with Crippen LogP contribution in [0.2, 0.25) is 0 Å². The Morgan fingerprint density at radius 3 is 2.29 bits per heavy atom. The van der Waals surface area contributed by atoms with Crippen LogP contribution in [0.3, 0.4) is 0 Å². The molecular formula is C30H34N6O5. The summed E-state index contributed by atoms with van der Waals surface area (Å²) in [7, 11) is 0. The van der Waals surface area contributed by atoms with Crippen molar-refractivity contribution in [2.75, 3.05) is 42.9 Å². The molecule has 3 aromatic rings. The number of ether oxygens (including phenoxy) is 1. The molecule has 2 aliphatic rings. The number of hydrogen-bond donors (Lipinski definition) is 2. The molecule has 1 unspecified atom stereocenters. The number of carboxylic acids is 1. The third-order valence-corrected chi connectivity index (χ3v) is 7.59. The Hall–Kier alpha value is -4.51. The average Bonchev–Trinajstić information content (AvgIpc) is 3.00. The maximum absolute atomic E-state index is 12.7. The quantitative estimate of drug-likeness (QED) is 0.440. The Balaban J connectivity index is 1.08. The van der Waals surface area contributed by atoms with E-state index in [9.17, 15) is 14.4 Å². The van der Waals surface area contributed by atoms with Gasteiger partial charge in [0, 0.05) is 56.6 Å². The second kappa shape index (κ2) is 12.8. The number of carbonyl (C=O) groups excluding carboxylic acids is 2. The zero-order valence-electron chi connectivity index (χ0n) is 23.0. The predicted octanol–water partition coefficient (Wildman–Crippen LogP) is 4.12. The second-order valence-electron chi connectivity index (χ2n) is 10.4. The number of carboxylic acid groups (broad SMARTS) is 1. The molecule has 2 fully saturated rings. The van der Waals surface area contributed by atoms with Crippen LogP contribution in [-0.2, 0) is 6.54 Å². The molecule has 0 bridgehead atoms. The molecule has 2 aromatic heterocycles. The van der Waals surface area contributed by atoms with Gasteiger partial charge in [-0.15, -0.1) is 0 Å². The first-order valence-electron chi connectivity index (χ1n) is 13.9. The van der Waals surface area contributed by atoms with Crippen LogP contribution in [0.1, 0.15) is 52.5 Å². The summed E-state index contributed by atoms with van der Waals surface area (Å²) in [6.45, 7) is 6.19. The number of nitrogens with zero attached hydrogens (tertiary/aromatic N) is 5. The number of rotatable bonds is 7. The van der Waals surface area contributed by atoms with E-state index in [1.807, 2.05) is 29.2 Å². The van der Waals surface area contributed by atoms with Crippen molar-refractivity contribution in [1.82, 2.24) is 19.8 Å². The van der Waals surface area contributed by atoms with E-state index in [2.05, 4.69) is 27.1 Å².